The number of phenols is 1. The summed E-state index contributed by atoms with van der Waals surface area (Å²) >= 11 is 0. The molecule has 2 aromatic heterocycles. The summed E-state index contributed by atoms with van der Waals surface area (Å²) < 4.78 is 5.14. The van der Waals surface area contributed by atoms with E-state index in [0.717, 1.165) is 31.7 Å². The normalized spacial score (nSPS) is 18.1. The lowest BCUT2D eigenvalue weighted by Gasteiger charge is -2.53. The van der Waals surface area contributed by atoms with Crippen molar-refractivity contribution < 1.29 is 9.84 Å². The number of aromatic hydroxyl groups is 1. The Balaban J connectivity index is 1.30. The predicted octanol–water partition coefficient (Wildman–Crippen LogP) is 2.24. The molecule has 2 aliphatic heterocycles. The number of phenolic OH excluding ortho intramolecular Hbond substituents is 1. The van der Waals surface area contributed by atoms with Gasteiger partial charge >= 0.3 is 0 Å². The first kappa shape index (κ1) is 19.6. The number of nitrogens with zero attached hydrogens (tertiary/aromatic N) is 7. The third-order valence-electron chi connectivity index (χ3n) is 6.35. The highest BCUT2D eigenvalue weighted by Crippen LogP contribution is 2.41. The summed E-state index contributed by atoms with van der Waals surface area (Å²) in [7, 11) is 3.73. The van der Waals surface area contributed by atoms with Crippen LogP contribution in [-0.4, -0.2) is 75.5 Å². The number of hydrogen-bond donors (Lipinski definition) is 1. The molecule has 1 N–H and O–H groups in total. The maximum atomic E-state index is 10.6. The number of benzene rings is 1. The number of aromatic nitrogens is 5. The lowest BCUT2D eigenvalue weighted by atomic mass is 9.72. The van der Waals surface area contributed by atoms with Gasteiger partial charge in [-0.1, -0.05) is 6.07 Å². The summed E-state index contributed by atoms with van der Waals surface area (Å²) in [6.07, 6.45) is 5.55. The molecule has 3 aromatic rings. The Kier molecular flexibility index (Phi) is 4.90. The molecule has 1 spiro atoms. The van der Waals surface area contributed by atoms with Gasteiger partial charge in [0, 0.05) is 35.7 Å². The van der Waals surface area contributed by atoms with Crippen LogP contribution in [0.1, 0.15) is 12.8 Å². The summed E-state index contributed by atoms with van der Waals surface area (Å²) in [5, 5.41) is 19.2. The van der Waals surface area contributed by atoms with Gasteiger partial charge in [0.25, 0.3) is 0 Å². The van der Waals surface area contributed by atoms with Crippen LogP contribution >= 0.6 is 0 Å². The van der Waals surface area contributed by atoms with E-state index in [0.29, 0.717) is 34.2 Å². The maximum Gasteiger partial charge on any atom is 0.245 e. The lowest BCUT2D eigenvalue weighted by molar-refractivity contribution is 0.0893. The minimum atomic E-state index is 0.0909. The van der Waals surface area contributed by atoms with Crippen molar-refractivity contribution in [2.45, 2.75) is 12.8 Å². The van der Waals surface area contributed by atoms with E-state index in [1.807, 2.05) is 6.07 Å². The van der Waals surface area contributed by atoms with E-state index in [-0.39, 0.29) is 5.75 Å². The second kappa shape index (κ2) is 7.73. The van der Waals surface area contributed by atoms with Crippen molar-refractivity contribution in [1.29, 1.82) is 0 Å². The van der Waals surface area contributed by atoms with Gasteiger partial charge in [-0.25, -0.2) is 15.0 Å². The smallest absolute Gasteiger partial charge is 0.245 e. The quantitative estimate of drug-likeness (QED) is 0.682. The van der Waals surface area contributed by atoms with Crippen LogP contribution in [-0.2, 0) is 0 Å². The first-order chi connectivity index (χ1) is 15.0. The van der Waals surface area contributed by atoms with E-state index in [1.54, 1.807) is 31.5 Å². The summed E-state index contributed by atoms with van der Waals surface area (Å²) in [4.78, 5) is 17.3. The molecule has 0 amide bonds. The van der Waals surface area contributed by atoms with Crippen molar-refractivity contribution >= 4 is 5.95 Å². The van der Waals surface area contributed by atoms with Crippen LogP contribution in [0.2, 0.25) is 0 Å². The van der Waals surface area contributed by atoms with Gasteiger partial charge in [-0.3, -0.25) is 0 Å². The van der Waals surface area contributed by atoms with Gasteiger partial charge in [0.05, 0.1) is 19.0 Å². The Labute approximate surface area is 180 Å². The second-order valence-corrected chi connectivity index (χ2v) is 8.48. The molecular weight excluding hydrogens is 394 g/mol. The molecule has 1 aromatic carbocycles. The largest absolute Gasteiger partial charge is 0.507 e. The summed E-state index contributed by atoms with van der Waals surface area (Å²) in [5.74, 6) is 1.21. The van der Waals surface area contributed by atoms with Crippen LogP contribution in [0.5, 0.6) is 11.6 Å². The first-order valence-electron chi connectivity index (χ1n) is 10.4. The van der Waals surface area contributed by atoms with Crippen LogP contribution in [0.25, 0.3) is 22.5 Å². The van der Waals surface area contributed by atoms with Gasteiger partial charge in [0.1, 0.15) is 17.8 Å². The molecule has 0 radical (unpaired) electrons. The summed E-state index contributed by atoms with van der Waals surface area (Å²) in [6, 6.07) is 7.02. The van der Waals surface area contributed by atoms with E-state index >= 15 is 0 Å². The zero-order valence-electron chi connectivity index (χ0n) is 17.7. The van der Waals surface area contributed by atoms with Gasteiger partial charge in [-0.05, 0) is 45.1 Å². The second-order valence-electron chi connectivity index (χ2n) is 8.48. The number of methoxy groups -OCH3 is 1. The molecule has 0 unspecified atom stereocenters. The van der Waals surface area contributed by atoms with Crippen molar-refractivity contribution in [2.24, 2.45) is 5.41 Å². The molecule has 2 fully saturated rings. The third kappa shape index (κ3) is 3.76. The van der Waals surface area contributed by atoms with Gasteiger partial charge in [-0.2, -0.15) is 0 Å². The minimum Gasteiger partial charge on any atom is -0.507 e. The number of rotatable bonds is 4. The standard InChI is InChI=1S/C22H25N7O2/c1-28-7-5-22(6-8-28)12-29(13-22)21-23-11-18(26-27-21)16-4-3-15(9-19(16)30)17-10-20(31-2)25-14-24-17/h3-4,9-11,14,30H,5-8,12-13H2,1-2H3. The fourth-order valence-corrected chi connectivity index (χ4v) is 4.37. The van der Waals surface area contributed by atoms with Gasteiger partial charge in [0.15, 0.2) is 0 Å². The van der Waals surface area contributed by atoms with E-state index in [1.165, 1.54) is 19.2 Å². The number of likely N-dealkylation sites (tertiary alicyclic amines) is 1. The Bertz CT molecular complexity index is 1070. The van der Waals surface area contributed by atoms with E-state index in [9.17, 15) is 5.11 Å². The molecule has 9 nitrogen and oxygen atoms in total. The van der Waals surface area contributed by atoms with E-state index in [2.05, 4.69) is 42.0 Å². The number of ether oxygens (including phenoxy) is 1. The highest BCUT2D eigenvalue weighted by molar-refractivity contribution is 5.72. The molecule has 160 valence electrons. The number of piperidine rings is 1. The number of hydrogen-bond acceptors (Lipinski definition) is 9. The molecule has 31 heavy (non-hydrogen) atoms. The molecule has 2 aliphatic rings. The molecule has 4 heterocycles. The highest BCUT2D eigenvalue weighted by atomic mass is 16.5. The molecular formula is C22H25N7O2. The molecule has 0 aliphatic carbocycles. The summed E-state index contributed by atoms with van der Waals surface area (Å²) in [6.45, 7) is 4.29. The topological polar surface area (TPSA) is 100 Å². The van der Waals surface area contributed by atoms with Gasteiger partial charge in [-0.15, -0.1) is 10.2 Å². The first-order valence-corrected chi connectivity index (χ1v) is 10.4. The fourth-order valence-electron chi connectivity index (χ4n) is 4.37. The molecule has 9 heteroatoms. The van der Waals surface area contributed by atoms with E-state index in [4.69, 9.17) is 4.74 Å². The van der Waals surface area contributed by atoms with Crippen LogP contribution in [0.15, 0.2) is 36.8 Å². The zero-order valence-corrected chi connectivity index (χ0v) is 17.7. The Morgan fingerprint density at radius 3 is 2.48 bits per heavy atom. The van der Waals surface area contributed by atoms with Crippen molar-refractivity contribution in [3.05, 3.63) is 36.8 Å². The number of anilines is 1. The van der Waals surface area contributed by atoms with Crippen molar-refractivity contribution in [1.82, 2.24) is 30.0 Å². The van der Waals surface area contributed by atoms with Crippen LogP contribution in [0, 0.1) is 5.41 Å². The average molecular weight is 419 g/mol. The van der Waals surface area contributed by atoms with Gasteiger partial charge in [0.2, 0.25) is 11.8 Å². The maximum absolute atomic E-state index is 10.6. The van der Waals surface area contributed by atoms with Gasteiger partial charge < -0.3 is 19.6 Å². The molecule has 0 saturated carbocycles. The van der Waals surface area contributed by atoms with Crippen molar-refractivity contribution in [2.75, 3.05) is 45.2 Å². The Morgan fingerprint density at radius 2 is 1.81 bits per heavy atom. The Morgan fingerprint density at radius 1 is 1.00 bits per heavy atom. The molecule has 0 atom stereocenters. The van der Waals surface area contributed by atoms with Crippen molar-refractivity contribution in [3.63, 3.8) is 0 Å². The third-order valence-corrected chi connectivity index (χ3v) is 6.35. The SMILES string of the molecule is COc1cc(-c2ccc(-c3cnc(N4CC5(CCN(C)CC5)C4)nn3)c(O)c2)ncn1. The zero-order chi connectivity index (χ0) is 21.4. The van der Waals surface area contributed by atoms with E-state index < -0.39 is 0 Å². The Hall–Kier alpha value is -3.33. The van der Waals surface area contributed by atoms with Crippen LogP contribution in [0.3, 0.4) is 0 Å². The lowest BCUT2D eigenvalue weighted by Crippen LogP contribution is -2.60. The molecule has 5 rings (SSSR count). The average Bonchev–Trinajstić information content (AvgIpc) is 2.78. The van der Waals surface area contributed by atoms with Crippen molar-refractivity contribution in [3.8, 4) is 34.1 Å². The summed E-state index contributed by atoms with van der Waals surface area (Å²) in [5.41, 5.74) is 2.93. The monoisotopic (exact) mass is 419 g/mol. The van der Waals surface area contributed by atoms with Crippen LogP contribution in [0.4, 0.5) is 5.95 Å². The van der Waals surface area contributed by atoms with Crippen LogP contribution < -0.4 is 9.64 Å². The fraction of sp³-hybridized carbons (Fsp3) is 0.409. The predicted molar refractivity (Wildman–Crippen MR) is 116 cm³/mol. The molecule has 2 saturated heterocycles. The minimum absolute atomic E-state index is 0.0909. The molecule has 0 bridgehead atoms. The highest BCUT2D eigenvalue weighted by Gasteiger charge is 2.45.